The number of halogens is 2. The minimum absolute atomic E-state index is 0.106. The molecule has 0 bridgehead atoms. The van der Waals surface area contributed by atoms with Gasteiger partial charge in [-0.2, -0.15) is 4.31 Å². The van der Waals surface area contributed by atoms with Gasteiger partial charge in [-0.3, -0.25) is 4.79 Å². The third-order valence-electron chi connectivity index (χ3n) is 4.10. The molecule has 1 heterocycles. The van der Waals surface area contributed by atoms with Crippen LogP contribution in [0.1, 0.15) is 12.8 Å². The molecule has 27 heavy (non-hydrogen) atoms. The molecule has 0 spiro atoms. The number of sulfonamides is 1. The highest BCUT2D eigenvalue weighted by molar-refractivity contribution is 7.89. The zero-order valence-electron chi connectivity index (χ0n) is 14.3. The summed E-state index contributed by atoms with van der Waals surface area (Å²) in [5.41, 5.74) is 0.106. The van der Waals surface area contributed by atoms with E-state index in [9.17, 15) is 22.0 Å². The predicted octanol–water partition coefficient (Wildman–Crippen LogP) is 2.77. The van der Waals surface area contributed by atoms with E-state index in [2.05, 4.69) is 5.32 Å². The van der Waals surface area contributed by atoms with Gasteiger partial charge in [-0.1, -0.05) is 0 Å². The molecule has 0 saturated carbocycles. The van der Waals surface area contributed by atoms with E-state index in [1.807, 2.05) is 0 Å². The summed E-state index contributed by atoms with van der Waals surface area (Å²) in [6, 6.07) is 8.79. The highest BCUT2D eigenvalue weighted by atomic mass is 32.2. The lowest BCUT2D eigenvalue weighted by Gasteiger charge is -2.15. The molecular formula is C18H18F2N2O4S. The second-order valence-electron chi connectivity index (χ2n) is 6.05. The van der Waals surface area contributed by atoms with Gasteiger partial charge < -0.3 is 10.1 Å². The number of anilines is 1. The summed E-state index contributed by atoms with van der Waals surface area (Å²) in [5, 5.41) is 2.38. The Balaban J connectivity index is 1.56. The fraction of sp³-hybridized carbons (Fsp3) is 0.278. The first-order chi connectivity index (χ1) is 12.9. The molecular weight excluding hydrogens is 378 g/mol. The number of nitrogens with one attached hydrogen (secondary N) is 1. The quantitative estimate of drug-likeness (QED) is 0.815. The first-order valence-electron chi connectivity index (χ1n) is 8.34. The van der Waals surface area contributed by atoms with Crippen molar-refractivity contribution in [3.8, 4) is 5.75 Å². The molecule has 1 saturated heterocycles. The molecule has 2 aromatic carbocycles. The Morgan fingerprint density at radius 1 is 1.04 bits per heavy atom. The number of ether oxygens (including phenoxy) is 1. The number of carbonyl (C=O) groups is 1. The van der Waals surface area contributed by atoms with Gasteiger partial charge >= 0.3 is 0 Å². The smallest absolute Gasteiger partial charge is 0.262 e. The van der Waals surface area contributed by atoms with Gasteiger partial charge in [0.25, 0.3) is 5.91 Å². The van der Waals surface area contributed by atoms with E-state index < -0.39 is 27.6 Å². The monoisotopic (exact) mass is 396 g/mol. The van der Waals surface area contributed by atoms with Crippen molar-refractivity contribution < 1.29 is 26.7 Å². The second-order valence-corrected chi connectivity index (χ2v) is 7.99. The lowest BCUT2D eigenvalue weighted by Crippen LogP contribution is -2.27. The standard InChI is InChI=1S/C18H18F2N2O4S/c19-16-8-3-13(11-17(16)20)21-18(23)12-26-14-4-6-15(7-5-14)27(24,25)22-9-1-2-10-22/h3-8,11H,1-2,9-10,12H2,(H,21,23). The third-order valence-corrected chi connectivity index (χ3v) is 6.01. The molecule has 1 aliphatic heterocycles. The van der Waals surface area contributed by atoms with Crippen LogP contribution in [0.4, 0.5) is 14.5 Å². The van der Waals surface area contributed by atoms with Gasteiger partial charge in [0, 0.05) is 24.8 Å². The fourth-order valence-corrected chi connectivity index (χ4v) is 4.22. The minimum Gasteiger partial charge on any atom is -0.484 e. The Kier molecular flexibility index (Phi) is 5.71. The van der Waals surface area contributed by atoms with Crippen LogP contribution in [0.3, 0.4) is 0 Å². The van der Waals surface area contributed by atoms with Crippen molar-refractivity contribution >= 4 is 21.6 Å². The topological polar surface area (TPSA) is 75.7 Å². The van der Waals surface area contributed by atoms with Crippen LogP contribution >= 0.6 is 0 Å². The zero-order chi connectivity index (χ0) is 19.4. The van der Waals surface area contributed by atoms with Crippen LogP contribution in [-0.4, -0.2) is 38.3 Å². The van der Waals surface area contributed by atoms with Crippen molar-refractivity contribution in [2.45, 2.75) is 17.7 Å². The summed E-state index contributed by atoms with van der Waals surface area (Å²) < 4.78 is 57.6. The minimum atomic E-state index is -3.50. The molecule has 2 aromatic rings. The Bertz CT molecular complexity index is 927. The summed E-state index contributed by atoms with van der Waals surface area (Å²) in [6.07, 6.45) is 1.71. The van der Waals surface area contributed by atoms with Gasteiger partial charge in [-0.05, 0) is 49.2 Å². The van der Waals surface area contributed by atoms with E-state index >= 15 is 0 Å². The van der Waals surface area contributed by atoms with Crippen LogP contribution in [0, 0.1) is 11.6 Å². The molecule has 6 nitrogen and oxygen atoms in total. The number of benzene rings is 2. The fourth-order valence-electron chi connectivity index (χ4n) is 2.71. The molecule has 3 rings (SSSR count). The molecule has 0 aliphatic carbocycles. The van der Waals surface area contributed by atoms with Crippen molar-refractivity contribution in [2.24, 2.45) is 0 Å². The van der Waals surface area contributed by atoms with E-state index in [4.69, 9.17) is 4.74 Å². The highest BCUT2D eigenvalue weighted by Gasteiger charge is 2.26. The largest absolute Gasteiger partial charge is 0.484 e. The molecule has 0 unspecified atom stereocenters. The van der Waals surface area contributed by atoms with Gasteiger partial charge in [-0.15, -0.1) is 0 Å². The van der Waals surface area contributed by atoms with Gasteiger partial charge in [0.05, 0.1) is 4.90 Å². The number of hydrogen-bond acceptors (Lipinski definition) is 4. The Hall–Kier alpha value is -2.52. The van der Waals surface area contributed by atoms with Gasteiger partial charge in [0.1, 0.15) is 5.75 Å². The normalized spacial score (nSPS) is 14.9. The first-order valence-corrected chi connectivity index (χ1v) is 9.78. The Morgan fingerprint density at radius 3 is 2.33 bits per heavy atom. The summed E-state index contributed by atoms with van der Waals surface area (Å²) in [4.78, 5) is 12.0. The van der Waals surface area contributed by atoms with E-state index in [0.717, 1.165) is 25.0 Å². The van der Waals surface area contributed by atoms with Gasteiger partial charge in [0.15, 0.2) is 18.2 Å². The zero-order valence-corrected chi connectivity index (χ0v) is 15.1. The maximum Gasteiger partial charge on any atom is 0.262 e. The molecule has 1 N–H and O–H groups in total. The molecule has 9 heteroatoms. The first kappa shape index (κ1) is 19.2. The molecule has 1 aliphatic rings. The maximum atomic E-state index is 13.1. The van der Waals surface area contributed by atoms with Crippen LogP contribution in [0.2, 0.25) is 0 Å². The molecule has 1 amide bonds. The maximum absolute atomic E-state index is 13.1. The molecule has 144 valence electrons. The van der Waals surface area contributed by atoms with Crippen molar-refractivity contribution in [1.82, 2.24) is 4.31 Å². The summed E-state index contributed by atoms with van der Waals surface area (Å²) in [6.45, 7) is 0.673. The number of hydrogen-bond donors (Lipinski definition) is 1. The molecule has 0 aromatic heterocycles. The number of amides is 1. The van der Waals surface area contributed by atoms with Crippen LogP contribution in [0.5, 0.6) is 5.75 Å². The molecule has 0 radical (unpaired) electrons. The van der Waals surface area contributed by atoms with E-state index in [1.54, 1.807) is 0 Å². The average molecular weight is 396 g/mol. The van der Waals surface area contributed by atoms with E-state index in [0.29, 0.717) is 18.8 Å². The number of rotatable bonds is 6. The van der Waals surface area contributed by atoms with Gasteiger partial charge in [-0.25, -0.2) is 17.2 Å². The molecule has 0 atom stereocenters. The van der Waals surface area contributed by atoms with Crippen molar-refractivity contribution in [3.05, 3.63) is 54.1 Å². The highest BCUT2D eigenvalue weighted by Crippen LogP contribution is 2.23. The van der Waals surface area contributed by atoms with Crippen molar-refractivity contribution in [3.63, 3.8) is 0 Å². The second kappa shape index (κ2) is 8.01. The lowest BCUT2D eigenvalue weighted by atomic mass is 10.3. The summed E-state index contributed by atoms with van der Waals surface area (Å²) in [7, 11) is -3.50. The van der Waals surface area contributed by atoms with E-state index in [-0.39, 0.29) is 17.2 Å². The number of carbonyl (C=O) groups excluding carboxylic acids is 1. The van der Waals surface area contributed by atoms with Crippen molar-refractivity contribution in [1.29, 1.82) is 0 Å². The average Bonchev–Trinajstić information content (AvgIpc) is 3.19. The van der Waals surface area contributed by atoms with E-state index in [1.165, 1.54) is 34.6 Å². The number of nitrogens with zero attached hydrogens (tertiary/aromatic N) is 1. The Labute approximate surface area is 155 Å². The van der Waals surface area contributed by atoms with Crippen molar-refractivity contribution in [2.75, 3.05) is 25.0 Å². The molecule has 1 fully saturated rings. The van der Waals surface area contributed by atoms with Crippen LogP contribution in [-0.2, 0) is 14.8 Å². The van der Waals surface area contributed by atoms with Crippen LogP contribution in [0.15, 0.2) is 47.4 Å². The third kappa shape index (κ3) is 4.61. The van der Waals surface area contributed by atoms with Gasteiger partial charge in [0.2, 0.25) is 10.0 Å². The van der Waals surface area contributed by atoms with Crippen LogP contribution < -0.4 is 10.1 Å². The summed E-state index contributed by atoms with van der Waals surface area (Å²) >= 11 is 0. The SMILES string of the molecule is O=C(COc1ccc(S(=O)(=O)N2CCCC2)cc1)Nc1ccc(F)c(F)c1. The predicted molar refractivity (Wildman–Crippen MR) is 94.9 cm³/mol. The van der Waals surface area contributed by atoms with Crippen LogP contribution in [0.25, 0.3) is 0 Å². The lowest BCUT2D eigenvalue weighted by molar-refractivity contribution is -0.118. The summed E-state index contributed by atoms with van der Waals surface area (Å²) in [5.74, 6) is -2.32. The Morgan fingerprint density at radius 2 is 1.70 bits per heavy atom.